The number of hydrogen-bond donors (Lipinski definition) is 3. The Balaban J connectivity index is 1.69. The molecule has 4 rings (SSSR count). The Morgan fingerprint density at radius 2 is 1.86 bits per heavy atom. The van der Waals surface area contributed by atoms with Gasteiger partial charge in [-0.25, -0.2) is 9.36 Å². The molecule has 10 heteroatoms. The van der Waals surface area contributed by atoms with Crippen LogP contribution < -0.4 is 11.0 Å². The van der Waals surface area contributed by atoms with E-state index in [0.29, 0.717) is 40.0 Å². The minimum Gasteiger partial charge on any atom is -0.493 e. The Morgan fingerprint density at radius 1 is 1.17 bits per heavy atom. The monoisotopic (exact) mass is 527 g/mol. The van der Waals surface area contributed by atoms with Gasteiger partial charge in [0.25, 0.3) is 0 Å². The van der Waals surface area contributed by atoms with Gasteiger partial charge in [0.05, 0.1) is 5.69 Å². The highest BCUT2D eigenvalue weighted by Crippen LogP contribution is 2.35. The van der Waals surface area contributed by atoms with Crippen LogP contribution in [0, 0.1) is 0 Å². The van der Waals surface area contributed by atoms with Gasteiger partial charge in [-0.1, -0.05) is 55.2 Å². The van der Waals surface area contributed by atoms with Crippen molar-refractivity contribution in [1.82, 2.24) is 19.8 Å². The number of nitrogens with zero attached hydrogens (tertiary/aromatic N) is 3. The minimum absolute atomic E-state index is 0.166. The first-order chi connectivity index (χ1) is 17.3. The van der Waals surface area contributed by atoms with Crippen molar-refractivity contribution in [2.75, 3.05) is 26.2 Å². The van der Waals surface area contributed by atoms with Crippen LogP contribution in [0.4, 0.5) is 5.69 Å². The molecular formula is C26H27Cl2N5O3. The normalized spacial score (nSPS) is 14.4. The van der Waals surface area contributed by atoms with Crippen LogP contribution in [0.15, 0.2) is 52.3 Å². The number of carbonyl (C=O) groups excluding carboxylic acids is 1. The zero-order valence-electron chi connectivity index (χ0n) is 20.0. The van der Waals surface area contributed by atoms with E-state index in [-0.39, 0.29) is 11.6 Å². The van der Waals surface area contributed by atoms with E-state index >= 15 is 0 Å². The Kier molecular flexibility index (Phi) is 7.98. The summed E-state index contributed by atoms with van der Waals surface area (Å²) in [6.45, 7) is 6.90. The molecule has 3 N–H and O–H groups in total. The van der Waals surface area contributed by atoms with Crippen molar-refractivity contribution in [3.8, 4) is 5.88 Å². The number of amides is 1. The number of benzene rings is 2. The van der Waals surface area contributed by atoms with Crippen LogP contribution in [0.1, 0.15) is 36.7 Å². The van der Waals surface area contributed by atoms with E-state index in [9.17, 15) is 14.7 Å². The van der Waals surface area contributed by atoms with Crippen molar-refractivity contribution >= 4 is 52.7 Å². The molecule has 188 valence electrons. The summed E-state index contributed by atoms with van der Waals surface area (Å²) in [5, 5.41) is 15.1. The first kappa shape index (κ1) is 25.8. The number of rotatable bonds is 9. The molecule has 2 heterocycles. The molecule has 0 saturated heterocycles. The van der Waals surface area contributed by atoms with Crippen LogP contribution in [-0.2, 0) is 4.79 Å². The number of nitrogens with one attached hydrogen (secondary N) is 2. The third-order valence-electron chi connectivity index (χ3n) is 6.16. The predicted octanol–water partition coefficient (Wildman–Crippen LogP) is 4.49. The maximum absolute atomic E-state index is 13.3. The Labute approximate surface area is 218 Å². The molecule has 1 atom stereocenters. The fourth-order valence-electron chi connectivity index (χ4n) is 4.17. The number of fused-ring (bicyclic) bond motifs is 1. The second-order valence-electron chi connectivity index (χ2n) is 8.33. The standard InChI is InChI=1S/C26H27Cl2N5O3/c1-3-32(4-2)12-11-29-24(34)23(16-5-7-18(27)8-6-16)33-25(35)22(31-26(33)36)13-17-15-30-21-14-19(28)9-10-20(17)21/h5-10,13-15,23,35H,3-4,11-12H2,1-2H3,(H,29,34)(H,31,36)/b17-13+. The lowest BCUT2D eigenvalue weighted by molar-refractivity contribution is -0.123. The average molecular weight is 528 g/mol. The minimum atomic E-state index is -1.10. The Morgan fingerprint density at radius 3 is 2.56 bits per heavy atom. The van der Waals surface area contributed by atoms with Crippen molar-refractivity contribution in [2.45, 2.75) is 19.9 Å². The highest BCUT2D eigenvalue weighted by Gasteiger charge is 2.29. The van der Waals surface area contributed by atoms with Crippen molar-refractivity contribution < 1.29 is 9.90 Å². The van der Waals surface area contributed by atoms with Crippen molar-refractivity contribution in [1.29, 1.82) is 0 Å². The number of likely N-dealkylation sites (N-methyl/N-ethyl adjacent to an activating group) is 1. The molecule has 0 spiro atoms. The van der Waals surface area contributed by atoms with Gasteiger partial charge in [0.1, 0.15) is 11.7 Å². The number of aromatic amines is 1. The van der Waals surface area contributed by atoms with E-state index < -0.39 is 17.6 Å². The maximum Gasteiger partial charge on any atom is 0.329 e. The van der Waals surface area contributed by atoms with Crippen LogP contribution in [0.2, 0.25) is 10.0 Å². The molecule has 0 saturated carbocycles. The van der Waals surface area contributed by atoms with Gasteiger partial charge in [-0.05, 0) is 49.0 Å². The van der Waals surface area contributed by atoms with E-state index in [0.717, 1.165) is 23.2 Å². The molecule has 0 aliphatic carbocycles. The quantitative estimate of drug-likeness (QED) is 0.381. The lowest BCUT2D eigenvalue weighted by Gasteiger charge is -2.21. The van der Waals surface area contributed by atoms with Gasteiger partial charge in [-0.3, -0.25) is 9.79 Å². The predicted molar refractivity (Wildman–Crippen MR) is 145 cm³/mol. The number of imidazole rings is 1. The first-order valence-electron chi connectivity index (χ1n) is 11.7. The van der Waals surface area contributed by atoms with Crippen molar-refractivity contribution in [2.24, 2.45) is 4.99 Å². The van der Waals surface area contributed by atoms with Gasteiger partial charge >= 0.3 is 5.69 Å². The summed E-state index contributed by atoms with van der Waals surface area (Å²) in [6, 6.07) is 10.8. The third-order valence-corrected chi connectivity index (χ3v) is 6.64. The number of hydrogen-bond acceptors (Lipinski definition) is 5. The largest absolute Gasteiger partial charge is 0.493 e. The van der Waals surface area contributed by atoms with Gasteiger partial charge < -0.3 is 20.3 Å². The SMILES string of the molecule is CCN(CC)CCNC(=O)C(c1ccc(Cl)cc1)n1c(O)c(/C=C2\C=Nc3cc(Cl)ccc32)[nH]c1=O. The second kappa shape index (κ2) is 11.2. The molecule has 8 nitrogen and oxygen atoms in total. The van der Waals surface area contributed by atoms with Gasteiger partial charge in [0.2, 0.25) is 11.8 Å². The molecule has 1 aliphatic rings. The topological polar surface area (TPSA) is 103 Å². The molecule has 1 aromatic heterocycles. The first-order valence-corrected chi connectivity index (χ1v) is 12.4. The summed E-state index contributed by atoms with van der Waals surface area (Å²) in [5.41, 5.74) is 2.26. The smallest absolute Gasteiger partial charge is 0.329 e. The van der Waals surface area contributed by atoms with Crippen LogP contribution in [0.25, 0.3) is 11.6 Å². The fourth-order valence-corrected chi connectivity index (χ4v) is 4.46. The highest BCUT2D eigenvalue weighted by atomic mass is 35.5. The number of aromatic hydroxyl groups is 1. The van der Waals surface area contributed by atoms with Gasteiger partial charge in [-0.15, -0.1) is 0 Å². The Hall–Kier alpha value is -3.33. The molecular weight excluding hydrogens is 501 g/mol. The molecule has 0 bridgehead atoms. The Bertz CT molecular complexity index is 1370. The number of H-pyrrole nitrogens is 1. The maximum atomic E-state index is 13.3. The van der Waals surface area contributed by atoms with Crippen LogP contribution in [0.3, 0.4) is 0 Å². The van der Waals surface area contributed by atoms with Crippen LogP contribution in [-0.4, -0.2) is 57.9 Å². The lowest BCUT2D eigenvalue weighted by atomic mass is 10.1. The van der Waals surface area contributed by atoms with E-state index in [1.807, 2.05) is 6.07 Å². The number of aromatic nitrogens is 2. The number of allylic oxidation sites excluding steroid dienone is 1. The lowest BCUT2D eigenvalue weighted by Crippen LogP contribution is -2.40. The molecule has 1 aliphatic heterocycles. The molecule has 1 unspecified atom stereocenters. The van der Waals surface area contributed by atoms with E-state index in [1.165, 1.54) is 0 Å². The molecule has 2 aromatic carbocycles. The average Bonchev–Trinajstić information content (AvgIpc) is 3.38. The second-order valence-corrected chi connectivity index (χ2v) is 9.20. The summed E-state index contributed by atoms with van der Waals surface area (Å²) < 4.78 is 1.05. The van der Waals surface area contributed by atoms with Gasteiger partial charge in [0.15, 0.2) is 0 Å². The molecule has 36 heavy (non-hydrogen) atoms. The summed E-state index contributed by atoms with van der Waals surface area (Å²) in [5.74, 6) is -0.773. The van der Waals surface area contributed by atoms with E-state index in [1.54, 1.807) is 48.7 Å². The number of halogens is 2. The number of carbonyl (C=O) groups is 1. The summed E-state index contributed by atoms with van der Waals surface area (Å²) in [6.07, 6.45) is 3.25. The van der Waals surface area contributed by atoms with Crippen LogP contribution >= 0.6 is 23.2 Å². The molecule has 3 aromatic rings. The van der Waals surface area contributed by atoms with Gasteiger partial charge in [0, 0.05) is 40.5 Å². The van der Waals surface area contributed by atoms with Crippen molar-refractivity contribution in [3.05, 3.63) is 79.8 Å². The molecule has 1 amide bonds. The number of aliphatic imine (C=N–C) groups is 1. The van der Waals surface area contributed by atoms with E-state index in [4.69, 9.17) is 23.2 Å². The molecule has 0 radical (unpaired) electrons. The van der Waals surface area contributed by atoms with Gasteiger partial charge in [-0.2, -0.15) is 0 Å². The van der Waals surface area contributed by atoms with E-state index in [2.05, 4.69) is 34.0 Å². The molecule has 0 fully saturated rings. The fraction of sp³-hybridized carbons (Fsp3) is 0.269. The third kappa shape index (κ3) is 5.41. The summed E-state index contributed by atoms with van der Waals surface area (Å²) >= 11 is 12.1. The van der Waals surface area contributed by atoms with Crippen molar-refractivity contribution in [3.63, 3.8) is 0 Å². The zero-order valence-corrected chi connectivity index (χ0v) is 21.5. The van der Waals surface area contributed by atoms with Crippen LogP contribution in [0.5, 0.6) is 5.88 Å². The summed E-state index contributed by atoms with van der Waals surface area (Å²) in [4.78, 5) is 35.6. The highest BCUT2D eigenvalue weighted by molar-refractivity contribution is 6.31. The zero-order chi connectivity index (χ0) is 25.8. The summed E-state index contributed by atoms with van der Waals surface area (Å²) in [7, 11) is 0.